The number of rotatable bonds is 6. The first-order chi connectivity index (χ1) is 17.4. The van der Waals surface area contributed by atoms with Crippen molar-refractivity contribution in [3.63, 3.8) is 0 Å². The molecule has 4 aromatic carbocycles. The highest BCUT2D eigenvalue weighted by Crippen LogP contribution is 2.32. The second-order valence-corrected chi connectivity index (χ2v) is 8.46. The summed E-state index contributed by atoms with van der Waals surface area (Å²) in [5.41, 5.74) is 1.62. The Morgan fingerprint density at radius 3 is 2.58 bits per heavy atom. The lowest BCUT2D eigenvalue weighted by Crippen LogP contribution is -2.30. The van der Waals surface area contributed by atoms with E-state index in [2.05, 4.69) is 5.32 Å². The van der Waals surface area contributed by atoms with Gasteiger partial charge in [0.05, 0.1) is 10.6 Å². The van der Waals surface area contributed by atoms with Crippen molar-refractivity contribution < 1.29 is 19.2 Å². The van der Waals surface area contributed by atoms with Crippen molar-refractivity contribution in [2.45, 2.75) is 6.61 Å². The van der Waals surface area contributed by atoms with Gasteiger partial charge in [-0.3, -0.25) is 14.9 Å². The minimum atomic E-state index is -0.590. The number of nitrogens with one attached hydrogen (secondary N) is 1. The van der Waals surface area contributed by atoms with Crippen LogP contribution in [0.3, 0.4) is 0 Å². The highest BCUT2D eigenvalue weighted by atomic mass is 35.5. The normalized spacial score (nSPS) is 14.4. The van der Waals surface area contributed by atoms with E-state index in [1.807, 2.05) is 30.3 Å². The van der Waals surface area contributed by atoms with E-state index in [1.165, 1.54) is 18.2 Å². The van der Waals surface area contributed by atoms with Crippen molar-refractivity contribution in [1.82, 2.24) is 5.32 Å². The van der Waals surface area contributed by atoms with Gasteiger partial charge < -0.3 is 10.1 Å². The van der Waals surface area contributed by atoms with Gasteiger partial charge in [0.2, 0.25) is 0 Å². The van der Waals surface area contributed by atoms with E-state index in [1.54, 1.807) is 42.5 Å². The van der Waals surface area contributed by atoms with Crippen molar-refractivity contribution in [3.05, 3.63) is 117 Å². The molecule has 1 aliphatic rings. The molecule has 1 heterocycles. The molecule has 0 aromatic heterocycles. The third kappa shape index (κ3) is 4.49. The Kier molecular flexibility index (Phi) is 6.10. The number of hydrogen-bond acceptors (Lipinski definition) is 5. The van der Waals surface area contributed by atoms with Crippen LogP contribution in [0.4, 0.5) is 16.2 Å². The summed E-state index contributed by atoms with van der Waals surface area (Å²) in [6, 6.07) is 23.3. The van der Waals surface area contributed by atoms with Crippen LogP contribution < -0.4 is 15.0 Å². The van der Waals surface area contributed by atoms with Gasteiger partial charge >= 0.3 is 6.03 Å². The molecule has 36 heavy (non-hydrogen) atoms. The predicted molar refractivity (Wildman–Crippen MR) is 137 cm³/mol. The van der Waals surface area contributed by atoms with E-state index in [4.69, 9.17) is 16.3 Å². The van der Waals surface area contributed by atoms with Gasteiger partial charge in [0.25, 0.3) is 11.6 Å². The number of ether oxygens (including phenoxy) is 1. The second kappa shape index (κ2) is 9.52. The van der Waals surface area contributed by atoms with E-state index in [9.17, 15) is 19.7 Å². The van der Waals surface area contributed by atoms with Crippen molar-refractivity contribution in [2.75, 3.05) is 4.90 Å². The van der Waals surface area contributed by atoms with Gasteiger partial charge in [0.1, 0.15) is 18.1 Å². The molecule has 1 fully saturated rings. The maximum Gasteiger partial charge on any atom is 0.333 e. The molecule has 1 saturated heterocycles. The SMILES string of the molecule is O=C1N/C(=C/c2c(OCc3cccc([N+](=O)[O-])c3)ccc3ccccc23)C(=O)N1c1cccc(Cl)c1. The van der Waals surface area contributed by atoms with Crippen LogP contribution in [-0.4, -0.2) is 16.9 Å². The molecule has 0 unspecified atom stereocenters. The molecule has 5 rings (SSSR count). The van der Waals surface area contributed by atoms with Gasteiger partial charge in [-0.05, 0) is 46.7 Å². The molecule has 9 heteroatoms. The number of urea groups is 1. The largest absolute Gasteiger partial charge is 0.488 e. The summed E-state index contributed by atoms with van der Waals surface area (Å²) in [6.45, 7) is 0.0745. The summed E-state index contributed by atoms with van der Waals surface area (Å²) >= 11 is 6.05. The molecular weight excluding hydrogens is 482 g/mol. The molecule has 0 aliphatic carbocycles. The fourth-order valence-electron chi connectivity index (χ4n) is 4.00. The lowest BCUT2D eigenvalue weighted by atomic mass is 10.0. The van der Waals surface area contributed by atoms with E-state index >= 15 is 0 Å². The molecule has 178 valence electrons. The van der Waals surface area contributed by atoms with Gasteiger partial charge in [0.15, 0.2) is 0 Å². The third-order valence-electron chi connectivity index (χ3n) is 5.68. The minimum Gasteiger partial charge on any atom is -0.488 e. The first-order valence-corrected chi connectivity index (χ1v) is 11.3. The maximum atomic E-state index is 13.2. The molecule has 1 N–H and O–H groups in total. The number of carbonyl (C=O) groups excluding carboxylic acids is 2. The van der Waals surface area contributed by atoms with Crippen LogP contribution in [0, 0.1) is 10.1 Å². The van der Waals surface area contributed by atoms with Crippen LogP contribution in [0.5, 0.6) is 5.75 Å². The maximum absolute atomic E-state index is 13.2. The van der Waals surface area contributed by atoms with Crippen LogP contribution in [0.15, 0.2) is 90.6 Å². The number of hydrogen-bond donors (Lipinski definition) is 1. The molecule has 8 nitrogen and oxygen atoms in total. The molecule has 1 aliphatic heterocycles. The molecule has 0 spiro atoms. The van der Waals surface area contributed by atoms with Crippen molar-refractivity contribution >= 4 is 51.8 Å². The average Bonchev–Trinajstić information content (AvgIpc) is 3.16. The number of carbonyl (C=O) groups is 2. The van der Waals surface area contributed by atoms with Crippen molar-refractivity contribution in [2.24, 2.45) is 0 Å². The Bertz CT molecular complexity index is 1570. The summed E-state index contributed by atoms with van der Waals surface area (Å²) in [7, 11) is 0. The number of amides is 3. The zero-order valence-electron chi connectivity index (χ0n) is 18.7. The molecule has 0 saturated carbocycles. The highest BCUT2D eigenvalue weighted by Gasteiger charge is 2.35. The van der Waals surface area contributed by atoms with Crippen LogP contribution in [0.25, 0.3) is 16.8 Å². The third-order valence-corrected chi connectivity index (χ3v) is 5.91. The first-order valence-electron chi connectivity index (χ1n) is 10.9. The number of non-ortho nitro benzene ring substituents is 1. The Morgan fingerprint density at radius 1 is 0.972 bits per heavy atom. The summed E-state index contributed by atoms with van der Waals surface area (Å²) in [5, 5.41) is 15.9. The predicted octanol–water partition coefficient (Wildman–Crippen LogP) is 6.08. The summed E-state index contributed by atoms with van der Waals surface area (Å²) < 4.78 is 6.04. The Morgan fingerprint density at radius 2 is 1.78 bits per heavy atom. The summed E-state index contributed by atoms with van der Waals surface area (Å²) in [6.07, 6.45) is 1.58. The minimum absolute atomic E-state index is 0.0303. The first kappa shape index (κ1) is 23.1. The van der Waals surface area contributed by atoms with Crippen LogP contribution in [-0.2, 0) is 11.4 Å². The fraction of sp³-hybridized carbons (Fsp3) is 0.0370. The lowest BCUT2D eigenvalue weighted by Gasteiger charge is -2.13. The van der Waals surface area contributed by atoms with E-state index in [0.717, 1.165) is 15.7 Å². The summed E-state index contributed by atoms with van der Waals surface area (Å²) in [5.74, 6) is -0.0733. The molecule has 3 amide bonds. The van der Waals surface area contributed by atoms with Crippen LogP contribution >= 0.6 is 11.6 Å². The zero-order valence-corrected chi connectivity index (χ0v) is 19.4. The smallest absolute Gasteiger partial charge is 0.333 e. The van der Waals surface area contributed by atoms with E-state index in [-0.39, 0.29) is 18.0 Å². The van der Waals surface area contributed by atoms with Crippen molar-refractivity contribution in [1.29, 1.82) is 0 Å². The van der Waals surface area contributed by atoms with Crippen LogP contribution in [0.2, 0.25) is 5.02 Å². The Balaban J connectivity index is 1.52. The number of imide groups is 1. The number of halogens is 1. The molecule has 0 bridgehead atoms. The van der Waals surface area contributed by atoms with Gasteiger partial charge in [-0.15, -0.1) is 0 Å². The Hall–Kier alpha value is -4.69. The number of benzene rings is 4. The molecule has 0 atom stereocenters. The number of fused-ring (bicyclic) bond motifs is 1. The molecule has 0 radical (unpaired) electrons. The molecule has 4 aromatic rings. The van der Waals surface area contributed by atoms with E-state index < -0.39 is 16.9 Å². The summed E-state index contributed by atoms with van der Waals surface area (Å²) in [4.78, 5) is 37.5. The van der Waals surface area contributed by atoms with Crippen LogP contribution in [0.1, 0.15) is 11.1 Å². The number of nitrogens with zero attached hydrogens (tertiary/aromatic N) is 2. The lowest BCUT2D eigenvalue weighted by molar-refractivity contribution is -0.384. The monoisotopic (exact) mass is 499 g/mol. The van der Waals surface area contributed by atoms with Gasteiger partial charge in [0, 0.05) is 22.7 Å². The fourth-order valence-corrected chi connectivity index (χ4v) is 4.18. The quantitative estimate of drug-likeness (QED) is 0.150. The number of nitro benzene ring substituents is 1. The Labute approximate surface area is 210 Å². The zero-order chi connectivity index (χ0) is 25.2. The van der Waals surface area contributed by atoms with Gasteiger partial charge in [-0.25, -0.2) is 9.69 Å². The number of anilines is 1. The topological polar surface area (TPSA) is 102 Å². The van der Waals surface area contributed by atoms with Crippen molar-refractivity contribution in [3.8, 4) is 5.75 Å². The number of nitro groups is 1. The standard InChI is InChI=1S/C27H18ClN3O5/c28-19-7-4-8-20(14-19)30-26(32)24(29-27(30)33)15-23-22-10-2-1-6-18(22)11-12-25(23)36-16-17-5-3-9-21(13-17)31(34)35/h1-15H,16H2,(H,29,33)/b24-15+. The second-order valence-electron chi connectivity index (χ2n) is 8.02. The highest BCUT2D eigenvalue weighted by molar-refractivity contribution is 6.32. The average molecular weight is 500 g/mol. The van der Waals surface area contributed by atoms with Gasteiger partial charge in [-0.1, -0.05) is 60.1 Å². The van der Waals surface area contributed by atoms with Gasteiger partial charge in [-0.2, -0.15) is 0 Å². The van der Waals surface area contributed by atoms with E-state index in [0.29, 0.717) is 27.6 Å². The molecular formula is C27H18ClN3O5.